The van der Waals surface area contributed by atoms with Crippen LogP contribution in [0.4, 0.5) is 17.1 Å². The third-order valence-electron chi connectivity index (χ3n) is 17.8. The summed E-state index contributed by atoms with van der Waals surface area (Å²) >= 11 is 0. The lowest BCUT2D eigenvalue weighted by atomic mass is 9.67. The lowest BCUT2D eigenvalue weighted by molar-refractivity contribution is 0.661. The molecule has 0 amide bonds. The number of aryl methyl sites for hydroxylation is 5. The van der Waals surface area contributed by atoms with Gasteiger partial charge in [-0.3, -0.25) is 0 Å². The highest BCUT2D eigenvalue weighted by Crippen LogP contribution is 2.60. The van der Waals surface area contributed by atoms with Gasteiger partial charge in [-0.25, -0.2) is 0 Å². The highest BCUT2D eigenvalue weighted by atomic mass is 15.1. The molecule has 0 atom stereocenters. The summed E-state index contributed by atoms with van der Waals surface area (Å²) in [5.74, 6) is 0. The van der Waals surface area contributed by atoms with Crippen LogP contribution in [0.5, 0.6) is 0 Å². The first-order chi connectivity index (χ1) is 41.0. The van der Waals surface area contributed by atoms with Gasteiger partial charge in [0.05, 0.1) is 5.41 Å². The fraction of sp³-hybridized carbons (Fsp3) is 0.108. The van der Waals surface area contributed by atoms with E-state index < -0.39 is 5.41 Å². The van der Waals surface area contributed by atoms with Crippen molar-refractivity contribution >= 4 is 38.6 Å². The Kier molecular flexibility index (Phi) is 14.1. The Morgan fingerprint density at radius 2 is 0.738 bits per heavy atom. The molecule has 0 radical (unpaired) electrons. The van der Waals surface area contributed by atoms with Gasteiger partial charge in [0.1, 0.15) is 0 Å². The van der Waals surface area contributed by atoms with Crippen LogP contribution >= 0.6 is 0 Å². The van der Waals surface area contributed by atoms with Crippen LogP contribution in [0, 0.1) is 34.6 Å². The molecule has 0 N–H and O–H groups in total. The molecule has 0 saturated carbocycles. The van der Waals surface area contributed by atoms with Crippen LogP contribution in [0.1, 0.15) is 75.0 Å². The third-order valence-corrected chi connectivity index (χ3v) is 17.8. The molecule has 15 rings (SSSR count). The molecule has 0 aromatic heterocycles. The SMILES string of the molecule is Cc1cc2c(c3ccccc13)-c1ccc(-c3cc4c(c5ccccc35)-c3ccc(N(c5ccccc5)c5ccccc5)cc3C4(C)C)cc1C2(c1ccccc1)c1ccccc1.Cc1ccc(-c2ccccc2C)c(C)c1.Cc1ccccc1. The minimum absolute atomic E-state index is 0.250. The van der Waals surface area contributed by atoms with E-state index in [1.165, 1.54) is 127 Å². The summed E-state index contributed by atoms with van der Waals surface area (Å²) in [6.45, 7) is 15.7. The maximum absolute atomic E-state index is 2.54. The van der Waals surface area contributed by atoms with Gasteiger partial charge in [-0.05, 0) is 199 Å². The van der Waals surface area contributed by atoms with E-state index in [9.17, 15) is 0 Å². The highest BCUT2D eigenvalue weighted by molar-refractivity contribution is 6.11. The summed E-state index contributed by atoms with van der Waals surface area (Å²) in [4.78, 5) is 2.38. The molecule has 0 bridgehead atoms. The molecule has 13 aromatic carbocycles. The van der Waals surface area contributed by atoms with E-state index in [0.717, 1.165) is 17.1 Å². The number of hydrogen-bond acceptors (Lipinski definition) is 1. The van der Waals surface area contributed by atoms with Crippen molar-refractivity contribution in [2.24, 2.45) is 0 Å². The molecular weight excluding hydrogens is 1010 g/mol. The van der Waals surface area contributed by atoms with E-state index in [-0.39, 0.29) is 5.41 Å². The summed E-state index contributed by atoms with van der Waals surface area (Å²) in [5.41, 5.74) is 27.8. The zero-order valence-corrected chi connectivity index (χ0v) is 49.2. The smallest absolute Gasteiger partial charge is 0.0714 e. The lowest BCUT2D eigenvalue weighted by Crippen LogP contribution is -2.28. The summed E-state index contributed by atoms with van der Waals surface area (Å²) in [6.07, 6.45) is 0. The zero-order chi connectivity index (χ0) is 57.5. The second-order valence-corrected chi connectivity index (χ2v) is 23.4. The fourth-order valence-corrected chi connectivity index (χ4v) is 13.8. The molecule has 0 spiro atoms. The number of anilines is 3. The Morgan fingerprint density at radius 1 is 0.262 bits per heavy atom. The van der Waals surface area contributed by atoms with Crippen molar-refractivity contribution in [3.63, 3.8) is 0 Å². The quantitative estimate of drug-likeness (QED) is 0.154. The van der Waals surface area contributed by atoms with E-state index in [4.69, 9.17) is 0 Å². The molecule has 0 aliphatic heterocycles. The van der Waals surface area contributed by atoms with E-state index in [2.05, 4.69) is 326 Å². The van der Waals surface area contributed by atoms with Crippen molar-refractivity contribution in [2.45, 2.75) is 59.3 Å². The molecular formula is C83H69N. The van der Waals surface area contributed by atoms with Crippen molar-refractivity contribution in [2.75, 3.05) is 4.90 Å². The highest BCUT2D eigenvalue weighted by Gasteiger charge is 2.47. The van der Waals surface area contributed by atoms with Gasteiger partial charge in [0.15, 0.2) is 0 Å². The van der Waals surface area contributed by atoms with Gasteiger partial charge >= 0.3 is 0 Å². The van der Waals surface area contributed by atoms with Gasteiger partial charge in [-0.1, -0.05) is 268 Å². The van der Waals surface area contributed by atoms with Crippen LogP contribution in [0.3, 0.4) is 0 Å². The Hall–Kier alpha value is -9.82. The Morgan fingerprint density at radius 3 is 1.32 bits per heavy atom. The monoisotopic (exact) mass is 1080 g/mol. The molecule has 84 heavy (non-hydrogen) atoms. The standard InChI is InChI=1S/C61H45N.C15H16.C7H8/c1-40-36-57-59(49-30-18-16-28-47(40)49)52-34-32-41(37-55(52)61(57,42-20-8-4-9-21-42)43-22-10-5-11-23-43)53-39-56-58(50-31-19-17-29-48(50)53)51-35-33-46(38-54(51)60(56,2)3)62(44-24-12-6-13-25-44)45-26-14-7-15-27-45;1-11-8-9-15(13(3)10-11)14-7-5-4-6-12(14)2;1-7-5-3-2-4-6-7/h4-39H,1-3H3;4-10H,1-3H3;2-6H,1H3. The molecule has 13 aromatic rings. The number of para-hydroxylation sites is 2. The molecule has 2 aliphatic rings. The first-order valence-corrected chi connectivity index (χ1v) is 29.6. The first kappa shape index (κ1) is 53.5. The second kappa shape index (κ2) is 22.2. The zero-order valence-electron chi connectivity index (χ0n) is 49.2. The van der Waals surface area contributed by atoms with Gasteiger partial charge in [0.25, 0.3) is 0 Å². The molecule has 0 fully saturated rings. The predicted molar refractivity (Wildman–Crippen MR) is 358 cm³/mol. The van der Waals surface area contributed by atoms with Gasteiger partial charge in [-0.2, -0.15) is 0 Å². The number of fused-ring (bicyclic) bond motifs is 10. The van der Waals surface area contributed by atoms with Gasteiger partial charge < -0.3 is 4.90 Å². The largest absolute Gasteiger partial charge is 0.310 e. The predicted octanol–water partition coefficient (Wildman–Crippen LogP) is 22.4. The molecule has 406 valence electrons. The van der Waals surface area contributed by atoms with Crippen molar-refractivity contribution in [1.82, 2.24) is 0 Å². The van der Waals surface area contributed by atoms with Gasteiger partial charge in [0.2, 0.25) is 0 Å². The molecule has 2 aliphatic carbocycles. The van der Waals surface area contributed by atoms with E-state index in [0.29, 0.717) is 0 Å². The maximum Gasteiger partial charge on any atom is 0.0714 e. The number of rotatable bonds is 7. The third kappa shape index (κ3) is 9.31. The molecule has 1 heteroatoms. The summed E-state index contributed by atoms with van der Waals surface area (Å²) < 4.78 is 0. The lowest BCUT2D eigenvalue weighted by Gasteiger charge is -2.34. The van der Waals surface area contributed by atoms with Crippen molar-refractivity contribution < 1.29 is 0 Å². The minimum Gasteiger partial charge on any atom is -0.310 e. The van der Waals surface area contributed by atoms with Crippen molar-refractivity contribution in [3.05, 3.63) is 352 Å². The summed E-state index contributed by atoms with van der Waals surface area (Å²) in [5, 5.41) is 5.19. The fourth-order valence-electron chi connectivity index (χ4n) is 13.8. The summed E-state index contributed by atoms with van der Waals surface area (Å²) in [6, 6.07) is 107. The van der Waals surface area contributed by atoms with Gasteiger partial charge in [-0.15, -0.1) is 0 Å². The Balaban J connectivity index is 0.000000250. The van der Waals surface area contributed by atoms with Crippen molar-refractivity contribution in [3.8, 4) is 44.5 Å². The molecule has 0 unspecified atom stereocenters. The molecule has 0 heterocycles. The average molecular weight is 1080 g/mol. The second-order valence-electron chi connectivity index (χ2n) is 23.4. The Labute approximate surface area is 496 Å². The average Bonchev–Trinajstić information content (AvgIpc) is 1.59. The summed E-state index contributed by atoms with van der Waals surface area (Å²) in [7, 11) is 0. The molecule has 1 nitrogen and oxygen atoms in total. The van der Waals surface area contributed by atoms with Crippen LogP contribution < -0.4 is 4.90 Å². The normalized spacial score (nSPS) is 12.9. The maximum atomic E-state index is 2.54. The number of benzene rings is 13. The number of nitrogens with zero attached hydrogens (tertiary/aromatic N) is 1. The van der Waals surface area contributed by atoms with Crippen LogP contribution in [-0.4, -0.2) is 0 Å². The topological polar surface area (TPSA) is 3.24 Å². The molecule has 0 saturated heterocycles. The van der Waals surface area contributed by atoms with E-state index in [1.807, 2.05) is 18.2 Å². The van der Waals surface area contributed by atoms with Crippen molar-refractivity contribution in [1.29, 1.82) is 0 Å². The van der Waals surface area contributed by atoms with Crippen LogP contribution in [-0.2, 0) is 10.8 Å². The van der Waals surface area contributed by atoms with Crippen LogP contribution in [0.25, 0.3) is 66.1 Å². The van der Waals surface area contributed by atoms with E-state index in [1.54, 1.807) is 0 Å². The van der Waals surface area contributed by atoms with Gasteiger partial charge in [0, 0.05) is 22.5 Å². The first-order valence-electron chi connectivity index (χ1n) is 29.6. The Bertz CT molecular complexity index is 4460. The number of hydrogen-bond donors (Lipinski definition) is 0. The van der Waals surface area contributed by atoms with Crippen LogP contribution in [0.15, 0.2) is 291 Å². The van der Waals surface area contributed by atoms with E-state index >= 15 is 0 Å². The van der Waals surface area contributed by atoms with Crippen LogP contribution in [0.2, 0.25) is 0 Å². The minimum atomic E-state index is -0.514.